The lowest BCUT2D eigenvalue weighted by atomic mass is 10.2. The molecule has 0 bridgehead atoms. The van der Waals surface area contributed by atoms with E-state index < -0.39 is 5.97 Å². The Morgan fingerprint density at radius 3 is 2.88 bits per heavy atom. The zero-order valence-electron chi connectivity index (χ0n) is 9.35. The van der Waals surface area contributed by atoms with Gasteiger partial charge < -0.3 is 4.74 Å². The number of ether oxygens (including phenoxy) is 1. The van der Waals surface area contributed by atoms with Gasteiger partial charge in [0, 0.05) is 13.1 Å². The SMILES string of the molecule is COC(=O)c1cc(-c2cccc(Cl)n2)n(C)n1. The average molecular weight is 252 g/mol. The third-order valence-electron chi connectivity index (χ3n) is 2.25. The Kier molecular flexibility index (Phi) is 3.10. The molecule has 2 aromatic rings. The monoisotopic (exact) mass is 251 g/mol. The van der Waals surface area contributed by atoms with Crippen molar-refractivity contribution in [3.8, 4) is 11.4 Å². The molecule has 0 unspecified atom stereocenters. The van der Waals surface area contributed by atoms with Crippen LogP contribution in [0.4, 0.5) is 0 Å². The Morgan fingerprint density at radius 2 is 2.24 bits per heavy atom. The fourth-order valence-corrected chi connectivity index (χ4v) is 1.63. The Bertz CT molecular complexity index is 566. The van der Waals surface area contributed by atoms with Crippen LogP contribution >= 0.6 is 11.6 Å². The fraction of sp³-hybridized carbons (Fsp3) is 0.182. The van der Waals surface area contributed by atoms with E-state index in [1.54, 1.807) is 36.0 Å². The van der Waals surface area contributed by atoms with Crippen molar-refractivity contribution in [2.24, 2.45) is 7.05 Å². The van der Waals surface area contributed by atoms with E-state index in [0.717, 1.165) is 0 Å². The van der Waals surface area contributed by atoms with Crippen molar-refractivity contribution >= 4 is 17.6 Å². The first-order chi connectivity index (χ1) is 8.11. The standard InChI is InChI=1S/C11H10ClN3O2/c1-15-9(6-8(14-15)11(16)17-2)7-4-3-5-10(12)13-7/h3-6H,1-2H3. The van der Waals surface area contributed by atoms with Crippen molar-refractivity contribution in [3.05, 3.63) is 35.1 Å². The Labute approximate surface area is 103 Å². The molecular weight excluding hydrogens is 242 g/mol. The number of hydrogen-bond donors (Lipinski definition) is 0. The molecule has 0 saturated heterocycles. The average Bonchev–Trinajstić information content (AvgIpc) is 2.70. The van der Waals surface area contributed by atoms with Crippen molar-refractivity contribution in [3.63, 3.8) is 0 Å². The number of hydrogen-bond acceptors (Lipinski definition) is 4. The number of esters is 1. The molecule has 0 spiro atoms. The van der Waals surface area contributed by atoms with Crippen LogP contribution in [-0.4, -0.2) is 27.8 Å². The van der Waals surface area contributed by atoms with Gasteiger partial charge in [-0.05, 0) is 12.1 Å². The summed E-state index contributed by atoms with van der Waals surface area (Å²) in [5.41, 5.74) is 1.60. The molecule has 5 nitrogen and oxygen atoms in total. The smallest absolute Gasteiger partial charge is 0.358 e. The topological polar surface area (TPSA) is 57.0 Å². The van der Waals surface area contributed by atoms with Crippen LogP contribution in [0.3, 0.4) is 0 Å². The predicted molar refractivity (Wildman–Crippen MR) is 62.8 cm³/mol. The van der Waals surface area contributed by atoms with Crippen LogP contribution in [0.15, 0.2) is 24.3 Å². The van der Waals surface area contributed by atoms with Crippen LogP contribution in [0, 0.1) is 0 Å². The number of aromatic nitrogens is 3. The zero-order valence-corrected chi connectivity index (χ0v) is 10.1. The van der Waals surface area contributed by atoms with E-state index in [9.17, 15) is 4.79 Å². The summed E-state index contributed by atoms with van der Waals surface area (Å²) >= 11 is 5.81. The number of carbonyl (C=O) groups is 1. The molecule has 2 heterocycles. The molecule has 0 fully saturated rings. The van der Waals surface area contributed by atoms with Gasteiger partial charge in [0.15, 0.2) is 5.69 Å². The summed E-state index contributed by atoms with van der Waals surface area (Å²) in [6, 6.07) is 6.88. The number of rotatable bonds is 2. The molecule has 2 aromatic heterocycles. The highest BCUT2D eigenvalue weighted by atomic mass is 35.5. The number of aryl methyl sites for hydroxylation is 1. The van der Waals surface area contributed by atoms with Crippen molar-refractivity contribution in [2.75, 3.05) is 7.11 Å². The summed E-state index contributed by atoms with van der Waals surface area (Å²) in [5.74, 6) is -0.478. The predicted octanol–water partition coefficient (Wildman–Crippen LogP) is 1.92. The van der Waals surface area contributed by atoms with E-state index in [2.05, 4.69) is 14.8 Å². The van der Waals surface area contributed by atoms with Crippen molar-refractivity contribution in [1.29, 1.82) is 0 Å². The molecule has 0 aliphatic rings. The maximum atomic E-state index is 11.3. The van der Waals surface area contributed by atoms with Crippen LogP contribution < -0.4 is 0 Å². The molecule has 6 heteroatoms. The number of nitrogens with zero attached hydrogens (tertiary/aromatic N) is 3. The highest BCUT2D eigenvalue weighted by Crippen LogP contribution is 2.19. The molecule has 2 rings (SSSR count). The van der Waals surface area contributed by atoms with Gasteiger partial charge in [0.2, 0.25) is 0 Å². The van der Waals surface area contributed by atoms with Crippen molar-refractivity contribution in [1.82, 2.24) is 14.8 Å². The van der Waals surface area contributed by atoms with Crippen LogP contribution in [0.2, 0.25) is 5.15 Å². The zero-order chi connectivity index (χ0) is 12.4. The maximum Gasteiger partial charge on any atom is 0.358 e. The molecule has 0 N–H and O–H groups in total. The van der Waals surface area contributed by atoms with Gasteiger partial charge in [-0.3, -0.25) is 4.68 Å². The molecule has 0 saturated carbocycles. The van der Waals surface area contributed by atoms with Gasteiger partial charge >= 0.3 is 5.97 Å². The Morgan fingerprint density at radius 1 is 1.47 bits per heavy atom. The molecule has 0 atom stereocenters. The minimum atomic E-state index is -0.478. The molecule has 0 aromatic carbocycles. The highest BCUT2D eigenvalue weighted by Gasteiger charge is 2.14. The van der Waals surface area contributed by atoms with Crippen molar-refractivity contribution in [2.45, 2.75) is 0 Å². The summed E-state index contributed by atoms with van der Waals surface area (Å²) in [6.07, 6.45) is 0. The molecule has 17 heavy (non-hydrogen) atoms. The number of pyridine rings is 1. The van der Waals surface area contributed by atoms with E-state index in [1.807, 2.05) is 0 Å². The van der Waals surface area contributed by atoms with Crippen molar-refractivity contribution < 1.29 is 9.53 Å². The van der Waals surface area contributed by atoms with Gasteiger partial charge in [-0.15, -0.1) is 0 Å². The first kappa shape index (κ1) is 11.6. The van der Waals surface area contributed by atoms with Crippen LogP contribution in [0.5, 0.6) is 0 Å². The second-order valence-electron chi connectivity index (χ2n) is 3.38. The van der Waals surface area contributed by atoms with Crippen LogP contribution in [0.25, 0.3) is 11.4 Å². The van der Waals surface area contributed by atoms with Gasteiger partial charge in [-0.25, -0.2) is 9.78 Å². The molecule has 88 valence electrons. The van der Waals surface area contributed by atoms with Gasteiger partial charge in [0.05, 0.1) is 18.5 Å². The Hall–Kier alpha value is -1.88. The molecule has 0 radical (unpaired) electrons. The quantitative estimate of drug-likeness (QED) is 0.604. The number of halogens is 1. The lowest BCUT2D eigenvalue weighted by molar-refractivity contribution is 0.0593. The summed E-state index contributed by atoms with van der Waals surface area (Å²) in [7, 11) is 3.04. The van der Waals surface area contributed by atoms with Gasteiger partial charge in [0.1, 0.15) is 5.15 Å². The lowest BCUT2D eigenvalue weighted by Crippen LogP contribution is -2.03. The largest absolute Gasteiger partial charge is 0.464 e. The summed E-state index contributed by atoms with van der Waals surface area (Å²) in [4.78, 5) is 15.5. The Balaban J connectivity index is 2.46. The molecule has 0 amide bonds. The van der Waals surface area contributed by atoms with Gasteiger partial charge in [0.25, 0.3) is 0 Å². The summed E-state index contributed by atoms with van der Waals surface area (Å²) in [5, 5.41) is 4.44. The normalized spacial score (nSPS) is 10.3. The maximum absolute atomic E-state index is 11.3. The summed E-state index contributed by atoms with van der Waals surface area (Å²) in [6.45, 7) is 0. The number of carbonyl (C=O) groups excluding carboxylic acids is 1. The van der Waals surface area contributed by atoms with Gasteiger partial charge in [-0.2, -0.15) is 5.10 Å². The van der Waals surface area contributed by atoms with E-state index in [4.69, 9.17) is 11.6 Å². The van der Waals surface area contributed by atoms with E-state index in [0.29, 0.717) is 16.5 Å². The fourth-order valence-electron chi connectivity index (χ4n) is 1.46. The van der Waals surface area contributed by atoms with Crippen LogP contribution in [0.1, 0.15) is 10.5 Å². The molecule has 0 aliphatic heterocycles. The van der Waals surface area contributed by atoms with E-state index in [-0.39, 0.29) is 5.69 Å². The minimum Gasteiger partial charge on any atom is -0.464 e. The first-order valence-electron chi connectivity index (χ1n) is 4.87. The first-order valence-corrected chi connectivity index (χ1v) is 5.25. The third-order valence-corrected chi connectivity index (χ3v) is 2.46. The summed E-state index contributed by atoms with van der Waals surface area (Å²) < 4.78 is 6.16. The second kappa shape index (κ2) is 4.55. The lowest BCUT2D eigenvalue weighted by Gasteiger charge is -2.00. The molecular formula is C11H10ClN3O2. The molecule has 0 aliphatic carbocycles. The minimum absolute atomic E-state index is 0.242. The second-order valence-corrected chi connectivity index (χ2v) is 3.76. The van der Waals surface area contributed by atoms with Crippen LogP contribution in [-0.2, 0) is 11.8 Å². The van der Waals surface area contributed by atoms with E-state index >= 15 is 0 Å². The number of methoxy groups -OCH3 is 1. The highest BCUT2D eigenvalue weighted by molar-refractivity contribution is 6.29. The van der Waals surface area contributed by atoms with Gasteiger partial charge in [-0.1, -0.05) is 17.7 Å². The van der Waals surface area contributed by atoms with E-state index in [1.165, 1.54) is 7.11 Å². The third kappa shape index (κ3) is 2.29.